The Bertz CT molecular complexity index is 1360. The lowest BCUT2D eigenvalue weighted by Crippen LogP contribution is -2.36. The first-order chi connectivity index (χ1) is 17.5. The van der Waals surface area contributed by atoms with Crippen molar-refractivity contribution < 1.29 is 14.3 Å². The number of methoxy groups -OCH3 is 1. The lowest BCUT2D eigenvalue weighted by Gasteiger charge is -2.27. The van der Waals surface area contributed by atoms with Gasteiger partial charge in [0.05, 0.1) is 31.9 Å². The summed E-state index contributed by atoms with van der Waals surface area (Å²) in [6, 6.07) is 26.8. The number of benzene rings is 3. The molecule has 2 amide bonds. The molecule has 1 aromatic heterocycles. The summed E-state index contributed by atoms with van der Waals surface area (Å²) in [5, 5.41) is 7.76. The van der Waals surface area contributed by atoms with E-state index in [1.165, 1.54) is 0 Å². The molecule has 0 saturated heterocycles. The Kier molecular flexibility index (Phi) is 6.54. The second-order valence-electron chi connectivity index (χ2n) is 8.87. The molecule has 1 N–H and O–H groups in total. The second-order valence-corrected chi connectivity index (χ2v) is 8.87. The predicted octanol–water partition coefficient (Wildman–Crippen LogP) is 4.99. The molecule has 0 bridgehead atoms. The minimum absolute atomic E-state index is 0.0576. The lowest BCUT2D eigenvalue weighted by molar-refractivity contribution is -0.119. The van der Waals surface area contributed by atoms with E-state index in [1.54, 1.807) is 24.1 Å². The fourth-order valence-electron chi connectivity index (χ4n) is 4.37. The summed E-state index contributed by atoms with van der Waals surface area (Å²) in [7, 11) is 1.64. The van der Waals surface area contributed by atoms with Crippen LogP contribution in [-0.4, -0.2) is 28.7 Å². The zero-order chi connectivity index (χ0) is 25.1. The number of nitrogens with one attached hydrogen (secondary N) is 1. The van der Waals surface area contributed by atoms with Crippen LogP contribution in [0.2, 0.25) is 0 Å². The third-order valence-corrected chi connectivity index (χ3v) is 6.46. The number of rotatable bonds is 7. The van der Waals surface area contributed by atoms with Gasteiger partial charge in [0.15, 0.2) is 0 Å². The van der Waals surface area contributed by atoms with Gasteiger partial charge >= 0.3 is 0 Å². The van der Waals surface area contributed by atoms with Crippen molar-refractivity contribution in [2.45, 2.75) is 32.5 Å². The van der Waals surface area contributed by atoms with Crippen molar-refractivity contribution in [1.82, 2.24) is 15.1 Å². The summed E-state index contributed by atoms with van der Waals surface area (Å²) in [6.45, 7) is 2.93. The van der Waals surface area contributed by atoms with Crippen LogP contribution >= 0.6 is 0 Å². The summed E-state index contributed by atoms with van der Waals surface area (Å²) < 4.78 is 7.13. The maximum Gasteiger partial charge on any atom is 0.251 e. The first-order valence-electron chi connectivity index (χ1n) is 12.0. The number of fused-ring (bicyclic) bond motifs is 1. The number of ether oxygens (including phenoxy) is 1. The number of hydrogen-bond donors (Lipinski definition) is 1. The van der Waals surface area contributed by atoms with E-state index in [9.17, 15) is 9.59 Å². The van der Waals surface area contributed by atoms with E-state index in [-0.39, 0.29) is 17.9 Å². The first kappa shape index (κ1) is 23.4. The molecule has 5 rings (SSSR count). The first-order valence-corrected chi connectivity index (χ1v) is 12.0. The maximum absolute atomic E-state index is 12.8. The Morgan fingerprint density at radius 1 is 1.03 bits per heavy atom. The van der Waals surface area contributed by atoms with Crippen molar-refractivity contribution >= 4 is 17.6 Å². The van der Waals surface area contributed by atoms with Crippen molar-refractivity contribution in [1.29, 1.82) is 0 Å². The van der Waals surface area contributed by atoms with Crippen LogP contribution in [0, 0.1) is 0 Å². The molecule has 1 atom stereocenters. The van der Waals surface area contributed by atoms with Gasteiger partial charge in [-0.3, -0.25) is 14.5 Å². The number of amides is 2. The summed E-state index contributed by atoms with van der Waals surface area (Å²) in [6.07, 6.45) is 0.397. The van der Waals surface area contributed by atoms with Crippen LogP contribution in [0.25, 0.3) is 11.3 Å². The van der Waals surface area contributed by atoms with Gasteiger partial charge in [0.2, 0.25) is 5.91 Å². The topological polar surface area (TPSA) is 76.5 Å². The highest BCUT2D eigenvalue weighted by Crippen LogP contribution is 2.30. The number of nitrogens with zero attached hydrogens (tertiary/aromatic N) is 3. The highest BCUT2D eigenvalue weighted by atomic mass is 16.5. The maximum atomic E-state index is 12.8. The number of carbonyl (C=O) groups excluding carboxylic acids is 2. The third kappa shape index (κ3) is 4.86. The molecule has 1 aliphatic rings. The third-order valence-electron chi connectivity index (χ3n) is 6.46. The monoisotopic (exact) mass is 480 g/mol. The average Bonchev–Trinajstić information content (AvgIpc) is 3.36. The van der Waals surface area contributed by atoms with Gasteiger partial charge in [-0.1, -0.05) is 42.5 Å². The Balaban J connectivity index is 1.30. The van der Waals surface area contributed by atoms with Crippen molar-refractivity contribution in [2.24, 2.45) is 0 Å². The van der Waals surface area contributed by atoms with Crippen LogP contribution in [0.4, 0.5) is 5.82 Å². The molecule has 0 fully saturated rings. The van der Waals surface area contributed by atoms with E-state index >= 15 is 0 Å². The zero-order valence-electron chi connectivity index (χ0n) is 20.3. The Morgan fingerprint density at radius 2 is 1.75 bits per heavy atom. The molecule has 0 spiro atoms. The molecule has 1 aliphatic heterocycles. The van der Waals surface area contributed by atoms with Crippen LogP contribution < -0.4 is 15.0 Å². The van der Waals surface area contributed by atoms with Crippen molar-refractivity contribution in [2.75, 3.05) is 12.0 Å². The van der Waals surface area contributed by atoms with Crippen molar-refractivity contribution in [3.05, 3.63) is 102 Å². The summed E-state index contributed by atoms with van der Waals surface area (Å²) in [4.78, 5) is 27.3. The van der Waals surface area contributed by atoms with Gasteiger partial charge in [-0.15, -0.1) is 0 Å². The largest absolute Gasteiger partial charge is 0.497 e. The molecule has 182 valence electrons. The van der Waals surface area contributed by atoms with Crippen molar-refractivity contribution in [3.63, 3.8) is 0 Å². The minimum Gasteiger partial charge on any atom is -0.497 e. The SMILES string of the molecule is COc1ccc(-c2cc3n(n2)CCC(=O)N3Cc2ccc(C(=O)NC(C)c3ccccc3)cc2)cc1. The molecule has 1 unspecified atom stereocenters. The van der Waals surface area contributed by atoms with E-state index in [4.69, 9.17) is 9.84 Å². The van der Waals surface area contributed by atoms with Gasteiger partial charge in [0.1, 0.15) is 11.6 Å². The van der Waals surface area contributed by atoms with Crippen LogP contribution in [0.3, 0.4) is 0 Å². The van der Waals surface area contributed by atoms with Gasteiger partial charge in [-0.25, -0.2) is 4.68 Å². The summed E-state index contributed by atoms with van der Waals surface area (Å²) in [5.74, 6) is 1.48. The van der Waals surface area contributed by atoms with Crippen LogP contribution in [0.15, 0.2) is 84.9 Å². The number of carbonyl (C=O) groups is 2. The molecular formula is C29H28N4O3. The second kappa shape index (κ2) is 10.1. The van der Waals surface area contributed by atoms with Crippen molar-refractivity contribution in [3.8, 4) is 17.0 Å². The normalized spacial score (nSPS) is 13.7. The van der Waals surface area contributed by atoms with Crippen LogP contribution in [0.5, 0.6) is 5.75 Å². The molecule has 4 aromatic rings. The van der Waals surface area contributed by atoms with Gasteiger partial charge in [0, 0.05) is 23.6 Å². The predicted molar refractivity (Wildman–Crippen MR) is 139 cm³/mol. The molecule has 2 heterocycles. The highest BCUT2D eigenvalue weighted by Gasteiger charge is 2.26. The number of hydrogen-bond acceptors (Lipinski definition) is 4. The Morgan fingerprint density at radius 3 is 2.44 bits per heavy atom. The average molecular weight is 481 g/mol. The van der Waals surface area contributed by atoms with E-state index in [2.05, 4.69) is 5.32 Å². The molecule has 7 nitrogen and oxygen atoms in total. The van der Waals surface area contributed by atoms with Gasteiger partial charge < -0.3 is 10.1 Å². The molecule has 3 aromatic carbocycles. The number of aromatic nitrogens is 2. The standard InChI is InChI=1S/C29H28N4O3/c1-20(22-6-4-3-5-7-22)30-29(35)24-10-8-21(9-11-24)19-32-27-18-26(31-33(27)17-16-28(32)34)23-12-14-25(36-2)15-13-23/h3-15,18,20H,16-17,19H2,1-2H3,(H,30,35). The van der Waals surface area contributed by atoms with Gasteiger partial charge in [0.25, 0.3) is 5.91 Å². The van der Waals surface area contributed by atoms with Gasteiger partial charge in [-0.05, 0) is 54.4 Å². The van der Waals surface area contributed by atoms with E-state index < -0.39 is 0 Å². The minimum atomic E-state index is -0.130. The van der Waals surface area contributed by atoms with Crippen LogP contribution in [-0.2, 0) is 17.9 Å². The van der Waals surface area contributed by atoms with Crippen LogP contribution in [0.1, 0.15) is 40.9 Å². The summed E-state index contributed by atoms with van der Waals surface area (Å²) in [5.41, 5.74) is 4.35. The fraction of sp³-hybridized carbons (Fsp3) is 0.207. The molecule has 0 aliphatic carbocycles. The number of aryl methyl sites for hydroxylation is 1. The molecule has 36 heavy (non-hydrogen) atoms. The zero-order valence-corrected chi connectivity index (χ0v) is 20.3. The Labute approximate surface area is 210 Å². The molecule has 7 heteroatoms. The Hall–Kier alpha value is -4.39. The quantitative estimate of drug-likeness (QED) is 0.405. The lowest BCUT2D eigenvalue weighted by atomic mass is 10.1. The molecule has 0 saturated carbocycles. The highest BCUT2D eigenvalue weighted by molar-refractivity contribution is 5.95. The fourth-order valence-corrected chi connectivity index (χ4v) is 4.37. The van der Waals surface area contributed by atoms with E-state index in [0.29, 0.717) is 25.1 Å². The molecule has 0 radical (unpaired) electrons. The summed E-state index contributed by atoms with van der Waals surface area (Å²) >= 11 is 0. The van der Waals surface area contributed by atoms with Gasteiger partial charge in [-0.2, -0.15) is 5.10 Å². The van der Waals surface area contributed by atoms with E-state index in [0.717, 1.165) is 34.0 Å². The number of anilines is 1. The molecular weight excluding hydrogens is 452 g/mol. The smallest absolute Gasteiger partial charge is 0.251 e. The van der Waals surface area contributed by atoms with E-state index in [1.807, 2.05) is 84.4 Å².